The van der Waals surface area contributed by atoms with E-state index in [9.17, 15) is 4.79 Å². The lowest BCUT2D eigenvalue weighted by Gasteiger charge is -2.30. The lowest BCUT2D eigenvalue weighted by molar-refractivity contribution is 0.0855. The van der Waals surface area contributed by atoms with Crippen LogP contribution in [-0.2, 0) is 0 Å². The van der Waals surface area contributed by atoms with Crippen LogP contribution in [-0.4, -0.2) is 12.9 Å². The molecule has 0 aromatic heterocycles. The van der Waals surface area contributed by atoms with E-state index in [-0.39, 0.29) is 11.7 Å². The first-order valence-corrected chi connectivity index (χ1v) is 8.13. The topological polar surface area (TPSA) is 26.3 Å². The lowest BCUT2D eigenvalue weighted by Crippen LogP contribution is -2.25. The van der Waals surface area contributed by atoms with Gasteiger partial charge in [0.05, 0.1) is 12.7 Å². The van der Waals surface area contributed by atoms with Crippen LogP contribution in [0.1, 0.15) is 61.0 Å². The minimum absolute atomic E-state index is 0.176. The molecule has 2 heteroatoms. The van der Waals surface area contributed by atoms with Gasteiger partial charge >= 0.3 is 0 Å². The molecule has 21 heavy (non-hydrogen) atoms. The van der Waals surface area contributed by atoms with E-state index in [1.165, 1.54) is 12.8 Å². The fourth-order valence-corrected chi connectivity index (χ4v) is 3.66. The van der Waals surface area contributed by atoms with Crippen molar-refractivity contribution in [3.63, 3.8) is 0 Å². The third kappa shape index (κ3) is 3.48. The minimum Gasteiger partial charge on any atom is -0.496 e. The molecule has 2 nitrogen and oxygen atoms in total. The largest absolute Gasteiger partial charge is 0.496 e. The first-order chi connectivity index (χ1) is 9.93. The Balaban J connectivity index is 2.18. The Morgan fingerprint density at radius 2 is 1.76 bits per heavy atom. The fraction of sp³-hybridized carbons (Fsp3) is 0.632. The van der Waals surface area contributed by atoms with E-state index in [1.54, 1.807) is 7.11 Å². The number of rotatable bonds is 4. The highest BCUT2D eigenvalue weighted by Gasteiger charge is 2.30. The minimum atomic E-state index is 0.176. The molecule has 0 unspecified atom stereocenters. The molecule has 0 radical (unpaired) electrons. The highest BCUT2D eigenvalue weighted by atomic mass is 16.5. The van der Waals surface area contributed by atoms with Gasteiger partial charge < -0.3 is 4.74 Å². The molecule has 1 saturated carbocycles. The van der Waals surface area contributed by atoms with Gasteiger partial charge in [0.15, 0.2) is 5.78 Å². The standard InChI is InChI=1S/C19H28O2/c1-12(2)15-6-8-16(9-7-15)19(20)18-14(4)10-13(3)11-17(18)21-5/h10-12,15-16H,6-9H2,1-5H3. The molecule has 1 aliphatic carbocycles. The highest BCUT2D eigenvalue weighted by Crippen LogP contribution is 2.37. The summed E-state index contributed by atoms with van der Waals surface area (Å²) in [6.07, 6.45) is 4.42. The van der Waals surface area contributed by atoms with E-state index in [4.69, 9.17) is 4.74 Å². The Hall–Kier alpha value is -1.31. The molecule has 1 aromatic rings. The quantitative estimate of drug-likeness (QED) is 0.732. The number of Topliss-reactive ketones (excluding diaryl/α,β-unsaturated/α-hetero) is 1. The van der Waals surface area contributed by atoms with Crippen molar-refractivity contribution in [1.82, 2.24) is 0 Å². The summed E-state index contributed by atoms with van der Waals surface area (Å²) >= 11 is 0. The number of methoxy groups -OCH3 is 1. The third-order valence-electron chi connectivity index (χ3n) is 5.00. The summed E-state index contributed by atoms with van der Waals surface area (Å²) in [7, 11) is 1.65. The van der Waals surface area contributed by atoms with Crippen molar-refractivity contribution < 1.29 is 9.53 Å². The molecule has 116 valence electrons. The van der Waals surface area contributed by atoms with Gasteiger partial charge in [0.1, 0.15) is 5.75 Å². The number of ether oxygens (including phenoxy) is 1. The molecule has 0 atom stereocenters. The summed E-state index contributed by atoms with van der Waals surface area (Å²) in [5.41, 5.74) is 2.99. The van der Waals surface area contributed by atoms with Gasteiger partial charge in [0.25, 0.3) is 0 Å². The Labute approximate surface area is 128 Å². The zero-order chi connectivity index (χ0) is 15.6. The monoisotopic (exact) mass is 288 g/mol. The zero-order valence-corrected chi connectivity index (χ0v) is 14.0. The number of hydrogen-bond donors (Lipinski definition) is 0. The van der Waals surface area contributed by atoms with Crippen LogP contribution >= 0.6 is 0 Å². The predicted octanol–water partition coefficient (Wildman–Crippen LogP) is 4.96. The maximum absolute atomic E-state index is 12.9. The van der Waals surface area contributed by atoms with Crippen molar-refractivity contribution in [2.75, 3.05) is 7.11 Å². The van der Waals surface area contributed by atoms with Gasteiger partial charge in [-0.05, 0) is 68.6 Å². The second kappa shape index (κ2) is 6.64. The van der Waals surface area contributed by atoms with Gasteiger partial charge in [0, 0.05) is 5.92 Å². The number of carbonyl (C=O) groups excluding carboxylic acids is 1. The van der Waals surface area contributed by atoms with Crippen LogP contribution < -0.4 is 4.74 Å². The van der Waals surface area contributed by atoms with Crippen molar-refractivity contribution in [1.29, 1.82) is 0 Å². The van der Waals surface area contributed by atoms with E-state index in [0.717, 1.165) is 47.1 Å². The van der Waals surface area contributed by atoms with Crippen LogP contribution in [0.3, 0.4) is 0 Å². The van der Waals surface area contributed by atoms with Crippen LogP contribution in [0.15, 0.2) is 12.1 Å². The van der Waals surface area contributed by atoms with Gasteiger partial charge in [-0.15, -0.1) is 0 Å². The molecule has 2 rings (SSSR count). The molecule has 0 bridgehead atoms. The average molecular weight is 288 g/mol. The van der Waals surface area contributed by atoms with Gasteiger partial charge in [-0.25, -0.2) is 0 Å². The molecule has 1 fully saturated rings. The van der Waals surface area contributed by atoms with Crippen molar-refractivity contribution in [3.05, 3.63) is 28.8 Å². The molecule has 0 spiro atoms. The summed E-state index contributed by atoms with van der Waals surface area (Å²) in [4.78, 5) is 12.9. The first-order valence-electron chi connectivity index (χ1n) is 8.13. The second-order valence-electron chi connectivity index (χ2n) is 6.88. The second-order valence-corrected chi connectivity index (χ2v) is 6.88. The van der Waals surface area contributed by atoms with Crippen LogP contribution in [0.2, 0.25) is 0 Å². The van der Waals surface area contributed by atoms with Gasteiger partial charge in [-0.2, -0.15) is 0 Å². The van der Waals surface area contributed by atoms with Crippen LogP contribution in [0.4, 0.5) is 0 Å². The van der Waals surface area contributed by atoms with Crippen molar-refractivity contribution in [2.24, 2.45) is 17.8 Å². The van der Waals surface area contributed by atoms with E-state index in [0.29, 0.717) is 0 Å². The molecule has 1 aromatic carbocycles. The smallest absolute Gasteiger partial charge is 0.169 e. The molecule has 0 amide bonds. The van der Waals surface area contributed by atoms with Crippen molar-refractivity contribution in [3.8, 4) is 5.75 Å². The third-order valence-corrected chi connectivity index (χ3v) is 5.00. The number of ketones is 1. The highest BCUT2D eigenvalue weighted by molar-refractivity contribution is 6.01. The average Bonchev–Trinajstić information content (AvgIpc) is 2.45. The molecular formula is C19H28O2. The Morgan fingerprint density at radius 3 is 2.29 bits per heavy atom. The molecule has 0 aliphatic heterocycles. The van der Waals surface area contributed by atoms with E-state index in [1.807, 2.05) is 19.9 Å². The van der Waals surface area contributed by atoms with Gasteiger partial charge in [0.2, 0.25) is 0 Å². The van der Waals surface area contributed by atoms with Gasteiger partial charge in [-0.1, -0.05) is 19.9 Å². The van der Waals surface area contributed by atoms with Crippen molar-refractivity contribution in [2.45, 2.75) is 53.4 Å². The number of benzene rings is 1. The maximum Gasteiger partial charge on any atom is 0.169 e. The van der Waals surface area contributed by atoms with E-state index < -0.39 is 0 Å². The Bertz CT molecular complexity index is 509. The SMILES string of the molecule is COc1cc(C)cc(C)c1C(=O)C1CCC(C(C)C)CC1. The van der Waals surface area contributed by atoms with E-state index in [2.05, 4.69) is 19.9 Å². The fourth-order valence-electron chi connectivity index (χ4n) is 3.66. The number of hydrogen-bond acceptors (Lipinski definition) is 2. The lowest BCUT2D eigenvalue weighted by atomic mass is 9.74. The molecule has 1 aliphatic rings. The summed E-state index contributed by atoms with van der Waals surface area (Å²) in [5.74, 6) is 2.72. The van der Waals surface area contributed by atoms with Crippen LogP contribution in [0.5, 0.6) is 5.75 Å². The number of carbonyl (C=O) groups is 1. The zero-order valence-electron chi connectivity index (χ0n) is 14.0. The summed E-state index contributed by atoms with van der Waals surface area (Å²) in [5, 5.41) is 0. The van der Waals surface area contributed by atoms with E-state index >= 15 is 0 Å². The Morgan fingerprint density at radius 1 is 1.14 bits per heavy atom. The van der Waals surface area contributed by atoms with Crippen molar-refractivity contribution >= 4 is 5.78 Å². The summed E-state index contributed by atoms with van der Waals surface area (Å²) < 4.78 is 5.46. The molecule has 0 saturated heterocycles. The van der Waals surface area contributed by atoms with Gasteiger partial charge in [-0.3, -0.25) is 4.79 Å². The number of aryl methyl sites for hydroxylation is 2. The Kier molecular flexibility index (Phi) is 5.08. The summed E-state index contributed by atoms with van der Waals surface area (Å²) in [6.45, 7) is 8.64. The maximum atomic E-state index is 12.9. The van der Waals surface area contributed by atoms with Crippen LogP contribution in [0.25, 0.3) is 0 Å². The summed E-state index contributed by atoms with van der Waals surface area (Å²) in [6, 6.07) is 4.05. The molecule has 0 heterocycles. The molecular weight excluding hydrogens is 260 g/mol. The normalized spacial score (nSPS) is 22.4. The molecule has 0 N–H and O–H groups in total. The predicted molar refractivity (Wildman–Crippen MR) is 87.1 cm³/mol. The van der Waals surface area contributed by atoms with Crippen LogP contribution in [0, 0.1) is 31.6 Å². The first kappa shape index (κ1) is 16.1.